The fraction of sp³-hybridized carbons (Fsp3) is 0.409. The fourth-order valence-corrected chi connectivity index (χ4v) is 4.76. The summed E-state index contributed by atoms with van der Waals surface area (Å²) in [6, 6.07) is 5.97. The number of carbonyl (C=O) groups is 3. The van der Waals surface area contributed by atoms with Crippen molar-refractivity contribution in [3.8, 4) is 0 Å². The molecule has 32 heavy (non-hydrogen) atoms. The SMILES string of the molecule is CC1CC(=O)NCCN1C(=O)c1cc(C(C)(C)C)sc1NC(=O)Nc1cccc(Cl)c1Cl. The van der Waals surface area contributed by atoms with Crippen LogP contribution in [-0.4, -0.2) is 41.9 Å². The fourth-order valence-electron chi connectivity index (χ4n) is 3.31. The summed E-state index contributed by atoms with van der Waals surface area (Å²) in [6.45, 7) is 8.76. The van der Waals surface area contributed by atoms with Crippen molar-refractivity contribution in [2.75, 3.05) is 23.7 Å². The molecule has 0 aliphatic carbocycles. The van der Waals surface area contributed by atoms with Gasteiger partial charge in [-0.2, -0.15) is 0 Å². The number of hydrogen-bond acceptors (Lipinski definition) is 4. The topological polar surface area (TPSA) is 90.5 Å². The zero-order valence-electron chi connectivity index (χ0n) is 18.3. The van der Waals surface area contributed by atoms with Gasteiger partial charge in [-0.15, -0.1) is 11.3 Å². The van der Waals surface area contributed by atoms with Crippen molar-refractivity contribution >= 4 is 63.1 Å². The Balaban J connectivity index is 1.89. The van der Waals surface area contributed by atoms with Gasteiger partial charge in [-0.05, 0) is 30.5 Å². The number of nitrogens with zero attached hydrogens (tertiary/aromatic N) is 1. The van der Waals surface area contributed by atoms with Crippen LogP contribution in [0.5, 0.6) is 0 Å². The van der Waals surface area contributed by atoms with Gasteiger partial charge < -0.3 is 15.5 Å². The van der Waals surface area contributed by atoms with E-state index in [1.54, 1.807) is 23.1 Å². The lowest BCUT2D eigenvalue weighted by Gasteiger charge is -2.26. The van der Waals surface area contributed by atoms with Gasteiger partial charge in [0.05, 0.1) is 21.3 Å². The van der Waals surface area contributed by atoms with E-state index >= 15 is 0 Å². The molecule has 2 heterocycles. The Kier molecular flexibility index (Phi) is 7.37. The molecule has 10 heteroatoms. The number of urea groups is 1. The first-order valence-electron chi connectivity index (χ1n) is 10.2. The summed E-state index contributed by atoms with van der Waals surface area (Å²) in [5.41, 5.74) is 0.546. The average molecular weight is 497 g/mol. The first kappa shape index (κ1) is 24.4. The molecule has 7 nitrogen and oxygen atoms in total. The predicted octanol–water partition coefficient (Wildman–Crippen LogP) is 5.35. The summed E-state index contributed by atoms with van der Waals surface area (Å²) in [7, 11) is 0. The molecule has 1 aromatic heterocycles. The van der Waals surface area contributed by atoms with Gasteiger partial charge in [-0.3, -0.25) is 14.9 Å². The van der Waals surface area contributed by atoms with E-state index in [4.69, 9.17) is 23.2 Å². The number of benzene rings is 1. The number of hydrogen-bond donors (Lipinski definition) is 3. The van der Waals surface area contributed by atoms with Crippen LogP contribution in [0.25, 0.3) is 0 Å². The van der Waals surface area contributed by atoms with Crippen molar-refractivity contribution in [3.05, 3.63) is 44.8 Å². The smallest absolute Gasteiger partial charge is 0.324 e. The van der Waals surface area contributed by atoms with E-state index in [1.807, 2.05) is 33.8 Å². The lowest BCUT2D eigenvalue weighted by atomic mass is 9.94. The summed E-state index contributed by atoms with van der Waals surface area (Å²) in [4.78, 5) is 40.6. The lowest BCUT2D eigenvalue weighted by molar-refractivity contribution is -0.121. The number of rotatable bonds is 3. The first-order valence-corrected chi connectivity index (χ1v) is 11.8. The summed E-state index contributed by atoms with van der Waals surface area (Å²) >= 11 is 13.5. The van der Waals surface area contributed by atoms with E-state index in [0.717, 1.165) is 4.88 Å². The highest BCUT2D eigenvalue weighted by molar-refractivity contribution is 7.16. The van der Waals surface area contributed by atoms with Crippen LogP contribution in [0.3, 0.4) is 0 Å². The molecule has 0 saturated carbocycles. The van der Waals surface area contributed by atoms with Gasteiger partial charge in [-0.25, -0.2) is 4.79 Å². The zero-order chi connectivity index (χ0) is 23.6. The van der Waals surface area contributed by atoms with Gasteiger partial charge in [0.15, 0.2) is 0 Å². The van der Waals surface area contributed by atoms with Crippen molar-refractivity contribution in [1.29, 1.82) is 0 Å². The summed E-state index contributed by atoms with van der Waals surface area (Å²) in [5, 5.41) is 9.26. The number of amides is 4. The van der Waals surface area contributed by atoms with Crippen LogP contribution in [0.15, 0.2) is 24.3 Å². The van der Waals surface area contributed by atoms with Crippen molar-refractivity contribution in [2.24, 2.45) is 0 Å². The van der Waals surface area contributed by atoms with E-state index in [-0.39, 0.29) is 34.7 Å². The third kappa shape index (κ3) is 5.54. The highest BCUT2D eigenvalue weighted by Gasteiger charge is 2.31. The van der Waals surface area contributed by atoms with Crippen molar-refractivity contribution < 1.29 is 14.4 Å². The number of halogens is 2. The molecule has 172 valence electrons. The van der Waals surface area contributed by atoms with E-state index in [0.29, 0.717) is 34.4 Å². The normalized spacial score (nSPS) is 16.9. The molecule has 1 atom stereocenters. The van der Waals surface area contributed by atoms with Crippen LogP contribution in [0.1, 0.15) is 49.4 Å². The minimum Gasteiger partial charge on any atom is -0.354 e. The molecule has 0 spiro atoms. The van der Waals surface area contributed by atoms with Crippen molar-refractivity contribution in [1.82, 2.24) is 10.2 Å². The Morgan fingerprint density at radius 1 is 1.22 bits per heavy atom. The van der Waals surface area contributed by atoms with Crippen LogP contribution in [0.4, 0.5) is 15.5 Å². The molecule has 0 radical (unpaired) electrons. The zero-order valence-corrected chi connectivity index (χ0v) is 20.7. The molecule has 1 aromatic carbocycles. The second-order valence-corrected chi connectivity index (χ2v) is 10.5. The molecular weight excluding hydrogens is 471 g/mol. The molecule has 1 unspecified atom stereocenters. The maximum Gasteiger partial charge on any atom is 0.324 e. The molecule has 1 aliphatic heterocycles. The van der Waals surface area contributed by atoms with Gasteiger partial charge >= 0.3 is 6.03 Å². The Hall–Kier alpha value is -2.29. The van der Waals surface area contributed by atoms with Crippen LogP contribution >= 0.6 is 34.5 Å². The van der Waals surface area contributed by atoms with Crippen LogP contribution < -0.4 is 16.0 Å². The summed E-state index contributed by atoms with van der Waals surface area (Å²) < 4.78 is 0. The molecule has 1 saturated heterocycles. The van der Waals surface area contributed by atoms with Crippen LogP contribution in [0, 0.1) is 0 Å². The molecular formula is C22H26Cl2N4O3S. The molecule has 1 fully saturated rings. The molecule has 1 aliphatic rings. The average Bonchev–Trinajstić information content (AvgIpc) is 3.04. The predicted molar refractivity (Wildman–Crippen MR) is 130 cm³/mol. The van der Waals surface area contributed by atoms with Gasteiger partial charge in [-0.1, -0.05) is 50.0 Å². The van der Waals surface area contributed by atoms with Gasteiger partial charge in [0.1, 0.15) is 5.00 Å². The van der Waals surface area contributed by atoms with Gasteiger partial charge in [0, 0.05) is 30.4 Å². The molecule has 2 aromatic rings. The number of carbonyl (C=O) groups excluding carboxylic acids is 3. The third-order valence-corrected chi connectivity index (χ3v) is 7.37. The van der Waals surface area contributed by atoms with Crippen LogP contribution in [-0.2, 0) is 10.2 Å². The Morgan fingerprint density at radius 2 is 1.94 bits per heavy atom. The summed E-state index contributed by atoms with van der Waals surface area (Å²) in [5.74, 6) is -0.304. The molecule has 3 rings (SSSR count). The van der Waals surface area contributed by atoms with Crippen molar-refractivity contribution in [2.45, 2.75) is 45.6 Å². The standard InChI is InChI=1S/C22H26Cl2N4O3S/c1-12-10-17(29)25-8-9-28(12)20(30)13-11-16(22(2,3)4)32-19(13)27-21(31)26-15-7-5-6-14(23)18(15)24/h5-7,11-12H,8-10H2,1-4H3,(H,25,29)(H2,26,27,31). The van der Waals surface area contributed by atoms with E-state index in [9.17, 15) is 14.4 Å². The quantitative estimate of drug-likeness (QED) is 0.534. The molecule has 3 N–H and O–H groups in total. The lowest BCUT2D eigenvalue weighted by Crippen LogP contribution is -2.40. The maximum atomic E-state index is 13.5. The number of nitrogens with one attached hydrogen (secondary N) is 3. The highest BCUT2D eigenvalue weighted by Crippen LogP contribution is 2.37. The number of thiophene rings is 1. The van der Waals surface area contributed by atoms with Gasteiger partial charge in [0.2, 0.25) is 5.91 Å². The van der Waals surface area contributed by atoms with E-state index in [2.05, 4.69) is 16.0 Å². The van der Waals surface area contributed by atoms with E-state index in [1.165, 1.54) is 11.3 Å². The molecule has 0 bridgehead atoms. The first-order chi connectivity index (χ1) is 15.0. The van der Waals surface area contributed by atoms with E-state index < -0.39 is 6.03 Å². The van der Waals surface area contributed by atoms with Crippen LogP contribution in [0.2, 0.25) is 10.0 Å². The number of anilines is 2. The molecule has 4 amide bonds. The third-order valence-electron chi connectivity index (χ3n) is 5.08. The minimum absolute atomic E-state index is 0.0790. The monoisotopic (exact) mass is 496 g/mol. The Labute approximate surface area is 201 Å². The maximum absolute atomic E-state index is 13.5. The second-order valence-electron chi connectivity index (χ2n) is 8.69. The highest BCUT2D eigenvalue weighted by atomic mass is 35.5. The van der Waals surface area contributed by atoms with Gasteiger partial charge in [0.25, 0.3) is 5.91 Å². The Morgan fingerprint density at radius 3 is 2.62 bits per heavy atom. The Bertz CT molecular complexity index is 1050. The summed E-state index contributed by atoms with van der Waals surface area (Å²) in [6.07, 6.45) is 0.235. The van der Waals surface area contributed by atoms with Crippen molar-refractivity contribution in [3.63, 3.8) is 0 Å². The minimum atomic E-state index is -0.536. The largest absolute Gasteiger partial charge is 0.354 e. The second kappa shape index (κ2) is 9.68.